The van der Waals surface area contributed by atoms with Crippen LogP contribution in [-0.2, 0) is 0 Å². The van der Waals surface area contributed by atoms with Crippen molar-refractivity contribution >= 4 is 17.2 Å². The molecule has 1 fully saturated rings. The molecule has 0 radical (unpaired) electrons. The minimum Gasteiger partial charge on any atom is -0.361 e. The zero-order valence-electron chi connectivity index (χ0n) is 13.6. The molecule has 0 aromatic carbocycles. The summed E-state index contributed by atoms with van der Waals surface area (Å²) in [6.07, 6.45) is 0.806. The highest BCUT2D eigenvalue weighted by Gasteiger charge is 2.39. The van der Waals surface area contributed by atoms with E-state index >= 15 is 0 Å². The van der Waals surface area contributed by atoms with Crippen LogP contribution in [0.4, 0.5) is 0 Å². The fourth-order valence-electron chi connectivity index (χ4n) is 2.84. The average molecular weight is 344 g/mol. The lowest BCUT2D eigenvalue weighted by Crippen LogP contribution is -2.45. The largest absolute Gasteiger partial charge is 0.361 e. The van der Waals surface area contributed by atoms with Crippen molar-refractivity contribution in [2.24, 2.45) is 0 Å². The Bertz CT molecular complexity index is 891. The number of carbonyl (C=O) groups is 1. The topological polar surface area (TPSA) is 85.3 Å². The SMILES string of the molecule is Cc1ccc(-c2noc(C3CCN3C(=O)c3c(C)noc3C)n2)s1. The fourth-order valence-corrected chi connectivity index (χ4v) is 3.64. The summed E-state index contributed by atoms with van der Waals surface area (Å²) in [6.45, 7) is 6.20. The molecule has 1 amide bonds. The summed E-state index contributed by atoms with van der Waals surface area (Å²) in [5.74, 6) is 1.47. The Kier molecular flexibility index (Phi) is 3.49. The van der Waals surface area contributed by atoms with Gasteiger partial charge >= 0.3 is 0 Å². The molecule has 1 atom stereocenters. The van der Waals surface area contributed by atoms with Crippen LogP contribution in [0.5, 0.6) is 0 Å². The van der Waals surface area contributed by atoms with E-state index < -0.39 is 0 Å². The quantitative estimate of drug-likeness (QED) is 0.725. The van der Waals surface area contributed by atoms with Crippen LogP contribution in [0.2, 0.25) is 0 Å². The molecule has 24 heavy (non-hydrogen) atoms. The van der Waals surface area contributed by atoms with Crippen molar-refractivity contribution in [3.63, 3.8) is 0 Å². The summed E-state index contributed by atoms with van der Waals surface area (Å²) in [5.41, 5.74) is 1.12. The van der Waals surface area contributed by atoms with E-state index in [4.69, 9.17) is 9.05 Å². The number of carbonyl (C=O) groups excluding carboxylic acids is 1. The highest BCUT2D eigenvalue weighted by atomic mass is 32.1. The van der Waals surface area contributed by atoms with E-state index in [0.717, 1.165) is 11.3 Å². The summed E-state index contributed by atoms with van der Waals surface area (Å²) in [6, 6.07) is 3.81. The van der Waals surface area contributed by atoms with Crippen molar-refractivity contribution in [3.8, 4) is 10.7 Å². The third-order valence-electron chi connectivity index (χ3n) is 4.22. The molecule has 4 rings (SSSR count). The molecule has 1 aliphatic rings. The van der Waals surface area contributed by atoms with Crippen LogP contribution in [-0.4, -0.2) is 32.6 Å². The Morgan fingerprint density at radius 1 is 1.25 bits per heavy atom. The maximum Gasteiger partial charge on any atom is 0.260 e. The first-order chi connectivity index (χ1) is 11.5. The molecule has 1 aliphatic heterocycles. The molecule has 0 aliphatic carbocycles. The van der Waals surface area contributed by atoms with Gasteiger partial charge in [0.2, 0.25) is 11.7 Å². The van der Waals surface area contributed by atoms with Gasteiger partial charge in [-0.3, -0.25) is 4.79 Å². The molecule has 0 bridgehead atoms. The Morgan fingerprint density at radius 3 is 2.67 bits per heavy atom. The van der Waals surface area contributed by atoms with Crippen molar-refractivity contribution < 1.29 is 13.8 Å². The molecular weight excluding hydrogens is 328 g/mol. The second-order valence-electron chi connectivity index (χ2n) is 5.87. The molecule has 0 spiro atoms. The standard InChI is InChI=1S/C16H16N4O3S/c1-8-4-5-12(24-8)14-17-15(23-19-14)11-6-7-20(11)16(21)13-9(2)18-22-10(13)3/h4-5,11H,6-7H2,1-3H3. The predicted octanol–water partition coefficient (Wildman–Crippen LogP) is 3.30. The van der Waals surface area contributed by atoms with Gasteiger partial charge in [0, 0.05) is 11.4 Å². The molecule has 3 aromatic heterocycles. The van der Waals surface area contributed by atoms with Crippen LogP contribution >= 0.6 is 11.3 Å². The first-order valence-corrected chi connectivity index (χ1v) is 8.50. The number of likely N-dealkylation sites (tertiary alicyclic amines) is 1. The molecular formula is C16H16N4O3S. The van der Waals surface area contributed by atoms with Crippen LogP contribution in [0, 0.1) is 20.8 Å². The van der Waals surface area contributed by atoms with Crippen molar-refractivity contribution in [1.29, 1.82) is 0 Å². The Morgan fingerprint density at radius 2 is 2.08 bits per heavy atom. The number of amides is 1. The summed E-state index contributed by atoms with van der Waals surface area (Å²) in [4.78, 5) is 21.1. The number of aryl methyl sites for hydroxylation is 3. The molecule has 7 nitrogen and oxygen atoms in total. The van der Waals surface area contributed by atoms with Crippen molar-refractivity contribution in [1.82, 2.24) is 20.2 Å². The number of hydrogen-bond acceptors (Lipinski definition) is 7. The van der Waals surface area contributed by atoms with Crippen molar-refractivity contribution in [2.75, 3.05) is 6.54 Å². The molecule has 4 heterocycles. The molecule has 8 heteroatoms. The maximum atomic E-state index is 12.7. The maximum absolute atomic E-state index is 12.7. The second kappa shape index (κ2) is 5.55. The van der Waals surface area contributed by atoms with Gasteiger partial charge in [-0.15, -0.1) is 11.3 Å². The van der Waals surface area contributed by atoms with Crippen LogP contribution in [0.3, 0.4) is 0 Å². The number of aromatic nitrogens is 3. The molecule has 0 saturated carbocycles. The average Bonchev–Trinajstić information content (AvgIpc) is 3.19. The highest BCUT2D eigenvalue weighted by Crippen LogP contribution is 2.36. The minimum atomic E-state index is -0.187. The van der Waals surface area contributed by atoms with Crippen LogP contribution in [0.15, 0.2) is 21.2 Å². The van der Waals surface area contributed by atoms with E-state index in [1.54, 1.807) is 30.1 Å². The van der Waals surface area contributed by atoms with Crippen molar-refractivity contribution in [2.45, 2.75) is 33.2 Å². The zero-order valence-corrected chi connectivity index (χ0v) is 14.4. The summed E-state index contributed by atoms with van der Waals surface area (Å²) in [5, 5.41) is 7.90. The number of thiophene rings is 1. The smallest absolute Gasteiger partial charge is 0.260 e. The summed E-state index contributed by atoms with van der Waals surface area (Å²) < 4.78 is 10.5. The third-order valence-corrected chi connectivity index (χ3v) is 5.21. The Balaban J connectivity index is 1.57. The normalized spacial score (nSPS) is 17.1. The lowest BCUT2D eigenvalue weighted by atomic mass is 10.0. The van der Waals surface area contributed by atoms with Gasteiger partial charge < -0.3 is 13.9 Å². The molecule has 3 aromatic rings. The second-order valence-corrected chi connectivity index (χ2v) is 7.16. The van der Waals surface area contributed by atoms with Gasteiger partial charge in [-0.2, -0.15) is 4.98 Å². The van der Waals surface area contributed by atoms with E-state index in [2.05, 4.69) is 15.3 Å². The third kappa shape index (κ3) is 2.34. The van der Waals surface area contributed by atoms with E-state index in [9.17, 15) is 4.79 Å². The van der Waals surface area contributed by atoms with Crippen LogP contribution in [0.25, 0.3) is 10.7 Å². The predicted molar refractivity (Wildman–Crippen MR) is 86.7 cm³/mol. The van der Waals surface area contributed by atoms with E-state index in [1.807, 2.05) is 19.1 Å². The summed E-state index contributed by atoms with van der Waals surface area (Å²) in [7, 11) is 0. The van der Waals surface area contributed by atoms with Gasteiger partial charge in [0.25, 0.3) is 5.91 Å². The van der Waals surface area contributed by atoms with E-state index in [0.29, 0.717) is 35.3 Å². The number of rotatable bonds is 3. The Hall–Kier alpha value is -2.48. The lowest BCUT2D eigenvalue weighted by molar-refractivity contribution is 0.0376. The number of hydrogen-bond donors (Lipinski definition) is 0. The zero-order chi connectivity index (χ0) is 16.8. The van der Waals surface area contributed by atoms with E-state index in [1.165, 1.54) is 4.88 Å². The van der Waals surface area contributed by atoms with Crippen LogP contribution < -0.4 is 0 Å². The monoisotopic (exact) mass is 344 g/mol. The molecule has 1 unspecified atom stereocenters. The summed E-state index contributed by atoms with van der Waals surface area (Å²) >= 11 is 1.61. The highest BCUT2D eigenvalue weighted by molar-refractivity contribution is 7.15. The molecule has 124 valence electrons. The minimum absolute atomic E-state index is 0.103. The first kappa shape index (κ1) is 15.1. The van der Waals surface area contributed by atoms with Gasteiger partial charge in [-0.05, 0) is 39.3 Å². The van der Waals surface area contributed by atoms with Gasteiger partial charge in [0.1, 0.15) is 17.4 Å². The molecule has 1 saturated heterocycles. The first-order valence-electron chi connectivity index (χ1n) is 7.69. The van der Waals surface area contributed by atoms with E-state index in [-0.39, 0.29) is 11.9 Å². The van der Waals surface area contributed by atoms with Crippen molar-refractivity contribution in [3.05, 3.63) is 39.9 Å². The van der Waals surface area contributed by atoms with Gasteiger partial charge in [-0.1, -0.05) is 10.3 Å². The number of nitrogens with zero attached hydrogens (tertiary/aromatic N) is 4. The van der Waals surface area contributed by atoms with Gasteiger partial charge in [0.15, 0.2) is 0 Å². The Labute approximate surface area is 142 Å². The molecule has 0 N–H and O–H groups in total. The van der Waals surface area contributed by atoms with Gasteiger partial charge in [0.05, 0.1) is 10.6 Å². The van der Waals surface area contributed by atoms with Crippen LogP contribution in [0.1, 0.15) is 45.0 Å². The fraction of sp³-hybridized carbons (Fsp3) is 0.375. The lowest BCUT2D eigenvalue weighted by Gasteiger charge is -2.38. The van der Waals surface area contributed by atoms with Gasteiger partial charge in [-0.25, -0.2) is 0 Å².